The molecule has 17 heavy (non-hydrogen) atoms. The lowest BCUT2D eigenvalue weighted by Crippen LogP contribution is -2.36. The van der Waals surface area contributed by atoms with Gasteiger partial charge < -0.3 is 14.4 Å². The number of amides is 1. The predicted octanol–water partition coefficient (Wildman–Crippen LogP) is 1.77. The summed E-state index contributed by atoms with van der Waals surface area (Å²) in [4.78, 5) is 15.4. The number of ether oxygens (including phenoxy) is 2. The molecule has 0 N–H and O–H groups in total. The minimum Gasteiger partial charge on any atom is -0.383 e. The second-order valence-electron chi connectivity index (χ2n) is 3.45. The van der Waals surface area contributed by atoms with Crippen LogP contribution < -0.4 is 0 Å². The van der Waals surface area contributed by atoms with Crippen molar-refractivity contribution >= 4 is 29.9 Å². The molecule has 0 fully saturated rings. The fraction of sp³-hybridized carbons (Fsp3) is 0.545. The maximum absolute atomic E-state index is 12.2. The van der Waals surface area contributed by atoms with Crippen LogP contribution in [0.2, 0.25) is 0 Å². The van der Waals surface area contributed by atoms with Crippen molar-refractivity contribution in [2.45, 2.75) is 4.90 Å². The molecule has 1 heterocycles. The molecule has 1 rings (SSSR count). The third-order valence-corrected chi connectivity index (χ3v) is 3.57. The van der Waals surface area contributed by atoms with Gasteiger partial charge in [0.1, 0.15) is 0 Å². The molecule has 4 nitrogen and oxygen atoms in total. The normalized spacial score (nSPS) is 10.5. The number of carbonyl (C=O) groups excluding carboxylic acids is 1. The van der Waals surface area contributed by atoms with Gasteiger partial charge >= 0.3 is 0 Å². The zero-order valence-corrected chi connectivity index (χ0v) is 11.7. The molecular weight excluding hydrogens is 258 g/mol. The minimum absolute atomic E-state index is 0.00407. The standard InChI is InChI=1S/C11H17NO3S2/c1-14-5-3-12(4-6-15-2)11(13)10-7-9(16)8-17-10/h7-8,16H,3-6H2,1-2H3. The molecule has 0 aliphatic carbocycles. The van der Waals surface area contributed by atoms with Gasteiger partial charge in [0.2, 0.25) is 0 Å². The van der Waals surface area contributed by atoms with Crippen molar-refractivity contribution < 1.29 is 14.3 Å². The molecule has 1 amide bonds. The lowest BCUT2D eigenvalue weighted by molar-refractivity contribution is 0.0631. The SMILES string of the molecule is COCCN(CCOC)C(=O)c1cc(S)cs1. The van der Waals surface area contributed by atoms with Crippen molar-refractivity contribution in [2.24, 2.45) is 0 Å². The number of carbonyl (C=O) groups is 1. The molecule has 1 aromatic heterocycles. The van der Waals surface area contributed by atoms with Crippen LogP contribution in [0.15, 0.2) is 16.3 Å². The number of nitrogens with zero attached hydrogens (tertiary/aromatic N) is 1. The Hall–Kier alpha value is -0.560. The second-order valence-corrected chi connectivity index (χ2v) is 4.87. The zero-order valence-electron chi connectivity index (χ0n) is 10.0. The van der Waals surface area contributed by atoms with Crippen molar-refractivity contribution in [3.8, 4) is 0 Å². The average Bonchev–Trinajstić information content (AvgIpc) is 2.75. The largest absolute Gasteiger partial charge is 0.383 e. The Morgan fingerprint density at radius 2 is 1.94 bits per heavy atom. The van der Waals surface area contributed by atoms with Crippen molar-refractivity contribution in [2.75, 3.05) is 40.5 Å². The number of methoxy groups -OCH3 is 2. The smallest absolute Gasteiger partial charge is 0.264 e. The van der Waals surface area contributed by atoms with Gasteiger partial charge in [0, 0.05) is 37.6 Å². The van der Waals surface area contributed by atoms with Crippen molar-refractivity contribution in [3.05, 3.63) is 16.3 Å². The summed E-state index contributed by atoms with van der Waals surface area (Å²) in [6.45, 7) is 2.18. The van der Waals surface area contributed by atoms with Crippen LogP contribution in [0.3, 0.4) is 0 Å². The van der Waals surface area contributed by atoms with Crippen molar-refractivity contribution in [3.63, 3.8) is 0 Å². The highest BCUT2D eigenvalue weighted by Gasteiger charge is 2.16. The Bertz CT molecular complexity index is 346. The van der Waals surface area contributed by atoms with Crippen LogP contribution in [0.4, 0.5) is 0 Å². The first-order valence-corrected chi connectivity index (χ1v) is 6.56. The van der Waals surface area contributed by atoms with Gasteiger partial charge in [0.25, 0.3) is 5.91 Å². The van der Waals surface area contributed by atoms with E-state index in [2.05, 4.69) is 12.6 Å². The monoisotopic (exact) mass is 275 g/mol. The van der Waals surface area contributed by atoms with Crippen LogP contribution in [0.5, 0.6) is 0 Å². The lowest BCUT2D eigenvalue weighted by atomic mass is 10.3. The van der Waals surface area contributed by atoms with E-state index >= 15 is 0 Å². The van der Waals surface area contributed by atoms with E-state index in [4.69, 9.17) is 9.47 Å². The summed E-state index contributed by atoms with van der Waals surface area (Å²) in [6.07, 6.45) is 0. The van der Waals surface area contributed by atoms with Gasteiger partial charge in [-0.1, -0.05) is 0 Å². The Kier molecular flexibility index (Phi) is 6.57. The molecule has 0 unspecified atom stereocenters. The van der Waals surface area contributed by atoms with E-state index in [1.807, 2.05) is 5.38 Å². The number of rotatable bonds is 7. The van der Waals surface area contributed by atoms with Crippen LogP contribution in [0.1, 0.15) is 9.67 Å². The summed E-state index contributed by atoms with van der Waals surface area (Å²) in [6, 6.07) is 1.78. The first-order valence-electron chi connectivity index (χ1n) is 5.23. The first kappa shape index (κ1) is 14.5. The van der Waals surface area contributed by atoms with Crippen LogP contribution >= 0.6 is 24.0 Å². The first-order chi connectivity index (χ1) is 8.19. The molecule has 0 aromatic carbocycles. The Labute approximate surface area is 111 Å². The quantitative estimate of drug-likeness (QED) is 0.771. The van der Waals surface area contributed by atoms with Gasteiger partial charge in [-0.05, 0) is 6.07 Å². The molecule has 0 saturated heterocycles. The number of thiol groups is 1. The molecule has 6 heteroatoms. The molecule has 0 radical (unpaired) electrons. The summed E-state index contributed by atoms with van der Waals surface area (Å²) in [5.41, 5.74) is 0. The Morgan fingerprint density at radius 3 is 2.35 bits per heavy atom. The molecule has 0 aliphatic heterocycles. The molecule has 1 aromatic rings. The van der Waals surface area contributed by atoms with Gasteiger partial charge in [-0.2, -0.15) is 0 Å². The predicted molar refractivity (Wildman–Crippen MR) is 71.2 cm³/mol. The van der Waals surface area contributed by atoms with Crippen LogP contribution in [-0.2, 0) is 9.47 Å². The second kappa shape index (κ2) is 7.71. The lowest BCUT2D eigenvalue weighted by Gasteiger charge is -2.21. The number of thiophene rings is 1. The maximum atomic E-state index is 12.2. The van der Waals surface area contributed by atoms with E-state index in [1.165, 1.54) is 11.3 Å². The van der Waals surface area contributed by atoms with Gasteiger partial charge in [-0.3, -0.25) is 4.79 Å². The summed E-state index contributed by atoms with van der Waals surface area (Å²) in [7, 11) is 3.24. The topological polar surface area (TPSA) is 38.8 Å². The highest BCUT2D eigenvalue weighted by atomic mass is 32.1. The Balaban J connectivity index is 2.64. The number of hydrogen-bond donors (Lipinski definition) is 1. The van der Waals surface area contributed by atoms with E-state index in [0.29, 0.717) is 31.2 Å². The summed E-state index contributed by atoms with van der Waals surface area (Å²) in [5.74, 6) is 0.00407. The molecule has 0 bridgehead atoms. The highest BCUT2D eigenvalue weighted by Crippen LogP contribution is 2.19. The third-order valence-electron chi connectivity index (χ3n) is 2.21. The summed E-state index contributed by atoms with van der Waals surface area (Å²) in [5, 5.41) is 1.85. The van der Waals surface area contributed by atoms with E-state index in [0.717, 1.165) is 4.90 Å². The molecule has 0 atom stereocenters. The molecule has 0 aliphatic rings. The summed E-state index contributed by atoms with van der Waals surface area (Å²) >= 11 is 5.60. The van der Waals surface area contributed by atoms with Crippen LogP contribution in [-0.4, -0.2) is 51.3 Å². The van der Waals surface area contributed by atoms with E-state index in [-0.39, 0.29) is 5.91 Å². The fourth-order valence-electron chi connectivity index (χ4n) is 1.31. The molecular formula is C11H17NO3S2. The van der Waals surface area contributed by atoms with E-state index < -0.39 is 0 Å². The maximum Gasteiger partial charge on any atom is 0.264 e. The molecule has 0 spiro atoms. The van der Waals surface area contributed by atoms with Gasteiger partial charge in [-0.15, -0.1) is 24.0 Å². The average molecular weight is 275 g/mol. The van der Waals surface area contributed by atoms with Crippen LogP contribution in [0.25, 0.3) is 0 Å². The van der Waals surface area contributed by atoms with Gasteiger partial charge in [0.15, 0.2) is 0 Å². The van der Waals surface area contributed by atoms with Crippen molar-refractivity contribution in [1.82, 2.24) is 4.90 Å². The van der Waals surface area contributed by atoms with Crippen LogP contribution in [0, 0.1) is 0 Å². The molecule has 96 valence electrons. The van der Waals surface area contributed by atoms with E-state index in [1.54, 1.807) is 25.2 Å². The number of hydrogen-bond acceptors (Lipinski definition) is 5. The third kappa shape index (κ3) is 4.67. The summed E-state index contributed by atoms with van der Waals surface area (Å²) < 4.78 is 9.99. The van der Waals surface area contributed by atoms with Crippen molar-refractivity contribution in [1.29, 1.82) is 0 Å². The molecule has 0 saturated carbocycles. The van der Waals surface area contributed by atoms with Gasteiger partial charge in [-0.25, -0.2) is 0 Å². The highest BCUT2D eigenvalue weighted by molar-refractivity contribution is 7.80. The fourth-order valence-corrected chi connectivity index (χ4v) is 2.43. The van der Waals surface area contributed by atoms with Gasteiger partial charge in [0.05, 0.1) is 18.1 Å². The Morgan fingerprint density at radius 1 is 1.35 bits per heavy atom. The van der Waals surface area contributed by atoms with E-state index in [9.17, 15) is 4.79 Å². The zero-order chi connectivity index (χ0) is 12.7. The minimum atomic E-state index is 0.00407.